The van der Waals surface area contributed by atoms with Crippen molar-refractivity contribution in [3.63, 3.8) is 0 Å². The first-order chi connectivity index (χ1) is 8.34. The van der Waals surface area contributed by atoms with Gasteiger partial charge in [0.05, 0.1) is 0 Å². The lowest BCUT2D eigenvalue weighted by Gasteiger charge is -2.31. The molecule has 1 unspecified atom stereocenters. The summed E-state index contributed by atoms with van der Waals surface area (Å²) in [5, 5.41) is 9.22. The predicted molar refractivity (Wildman–Crippen MR) is 72.0 cm³/mol. The Morgan fingerprint density at radius 3 is 2.44 bits per heavy atom. The van der Waals surface area contributed by atoms with E-state index in [0.29, 0.717) is 19.4 Å². The van der Waals surface area contributed by atoms with Crippen LogP contribution in [0.5, 0.6) is 0 Å². The summed E-state index contributed by atoms with van der Waals surface area (Å²) in [5.41, 5.74) is 20.8. The molecule has 18 heavy (non-hydrogen) atoms. The summed E-state index contributed by atoms with van der Waals surface area (Å²) in [6.07, 6.45) is 3.16. The molecule has 9 N–H and O–H groups in total. The standard InChI is InChI=1S/C11H25N5O2/c1-2-3-5-8(12)11(15,9(17)18)6-4-7-16-10(13)14/h8H,2-7,12,15H2,1H3,(H,17,18)(H4,13,14,16)/t8?,11-/m1/s1. The number of nitrogens with zero attached hydrogens (tertiary/aromatic N) is 1. The molecule has 7 nitrogen and oxygen atoms in total. The summed E-state index contributed by atoms with van der Waals surface area (Å²) in [5.74, 6) is -1.08. The van der Waals surface area contributed by atoms with E-state index in [1.54, 1.807) is 0 Å². The smallest absolute Gasteiger partial charge is 0.325 e. The summed E-state index contributed by atoms with van der Waals surface area (Å²) in [4.78, 5) is 15.1. The van der Waals surface area contributed by atoms with E-state index in [1.165, 1.54) is 0 Å². The second-order valence-corrected chi connectivity index (χ2v) is 4.50. The molecule has 0 bridgehead atoms. The van der Waals surface area contributed by atoms with Gasteiger partial charge >= 0.3 is 5.97 Å². The first-order valence-electron chi connectivity index (χ1n) is 6.17. The Kier molecular flexibility index (Phi) is 7.30. The fourth-order valence-electron chi connectivity index (χ4n) is 1.71. The number of carbonyl (C=O) groups is 1. The Labute approximate surface area is 108 Å². The van der Waals surface area contributed by atoms with Gasteiger partial charge in [-0.3, -0.25) is 9.79 Å². The SMILES string of the molecule is CCCCC(N)[C@](N)(CCCN=C(N)N)C(=O)O. The summed E-state index contributed by atoms with van der Waals surface area (Å²) in [6, 6.07) is -0.561. The van der Waals surface area contributed by atoms with Crippen LogP contribution in [-0.4, -0.2) is 35.2 Å². The van der Waals surface area contributed by atoms with Gasteiger partial charge in [-0.25, -0.2) is 0 Å². The zero-order valence-electron chi connectivity index (χ0n) is 10.9. The van der Waals surface area contributed by atoms with Crippen molar-refractivity contribution in [1.29, 1.82) is 0 Å². The molecule has 0 saturated heterocycles. The maximum Gasteiger partial charge on any atom is 0.325 e. The number of carboxylic acids is 1. The number of nitrogens with two attached hydrogens (primary N) is 4. The molecule has 0 amide bonds. The molecule has 0 aliphatic rings. The summed E-state index contributed by atoms with van der Waals surface area (Å²) in [7, 11) is 0. The van der Waals surface area contributed by atoms with Gasteiger partial charge in [0.1, 0.15) is 5.54 Å². The van der Waals surface area contributed by atoms with E-state index < -0.39 is 17.6 Å². The van der Waals surface area contributed by atoms with Gasteiger partial charge in [0.2, 0.25) is 0 Å². The number of hydrogen-bond acceptors (Lipinski definition) is 4. The molecule has 0 saturated carbocycles. The van der Waals surface area contributed by atoms with E-state index >= 15 is 0 Å². The number of rotatable bonds is 9. The van der Waals surface area contributed by atoms with Crippen LogP contribution in [0.2, 0.25) is 0 Å². The quantitative estimate of drug-likeness (QED) is 0.210. The predicted octanol–water partition coefficient (Wildman–Crippen LogP) is -0.660. The molecule has 0 aromatic rings. The van der Waals surface area contributed by atoms with Crippen molar-refractivity contribution in [3.8, 4) is 0 Å². The Morgan fingerprint density at radius 2 is 2.00 bits per heavy atom. The Hall–Kier alpha value is -1.34. The van der Waals surface area contributed by atoms with Crippen LogP contribution in [0, 0.1) is 0 Å². The number of hydrogen-bond donors (Lipinski definition) is 5. The van der Waals surface area contributed by atoms with Gasteiger partial charge in [-0.1, -0.05) is 19.8 Å². The zero-order valence-corrected chi connectivity index (χ0v) is 10.9. The minimum Gasteiger partial charge on any atom is -0.480 e. The number of aliphatic imine (C=N–C) groups is 1. The molecule has 0 rings (SSSR count). The molecular formula is C11H25N5O2. The number of unbranched alkanes of at least 4 members (excludes halogenated alkanes) is 1. The Balaban J connectivity index is 4.42. The molecule has 0 aromatic carbocycles. The Bertz CT molecular complexity index is 291. The van der Waals surface area contributed by atoms with E-state index in [0.717, 1.165) is 12.8 Å². The number of guanidine groups is 1. The van der Waals surface area contributed by atoms with Crippen LogP contribution < -0.4 is 22.9 Å². The van der Waals surface area contributed by atoms with Crippen molar-refractivity contribution < 1.29 is 9.90 Å². The van der Waals surface area contributed by atoms with Crippen LogP contribution in [-0.2, 0) is 4.79 Å². The van der Waals surface area contributed by atoms with Crippen LogP contribution in [0.15, 0.2) is 4.99 Å². The zero-order chi connectivity index (χ0) is 14.2. The highest BCUT2D eigenvalue weighted by atomic mass is 16.4. The van der Waals surface area contributed by atoms with Gasteiger partial charge in [-0.05, 0) is 19.3 Å². The second-order valence-electron chi connectivity index (χ2n) is 4.50. The monoisotopic (exact) mass is 259 g/mol. The topological polar surface area (TPSA) is 154 Å². The van der Waals surface area contributed by atoms with E-state index in [4.69, 9.17) is 22.9 Å². The van der Waals surface area contributed by atoms with Gasteiger partial charge in [0.15, 0.2) is 5.96 Å². The van der Waals surface area contributed by atoms with E-state index in [1.807, 2.05) is 6.92 Å². The first-order valence-corrected chi connectivity index (χ1v) is 6.17. The molecule has 0 aromatic heterocycles. The lowest BCUT2D eigenvalue weighted by Crippen LogP contribution is -2.60. The minimum absolute atomic E-state index is 0.0109. The van der Waals surface area contributed by atoms with Crippen LogP contribution in [0.4, 0.5) is 0 Å². The lowest BCUT2D eigenvalue weighted by molar-refractivity contribution is -0.144. The fraction of sp³-hybridized carbons (Fsp3) is 0.818. The van der Waals surface area contributed by atoms with Crippen LogP contribution in [0.25, 0.3) is 0 Å². The summed E-state index contributed by atoms with van der Waals surface area (Å²) < 4.78 is 0. The third-order valence-electron chi connectivity index (χ3n) is 2.97. The molecule has 0 aliphatic heterocycles. The van der Waals surface area contributed by atoms with E-state index in [9.17, 15) is 9.90 Å². The number of carboxylic acid groups (broad SMARTS) is 1. The normalized spacial score (nSPS) is 15.7. The van der Waals surface area contributed by atoms with Crippen molar-refractivity contribution in [3.05, 3.63) is 0 Å². The number of aliphatic carboxylic acids is 1. The molecule has 0 aliphatic carbocycles. The highest BCUT2D eigenvalue weighted by molar-refractivity contribution is 5.79. The average molecular weight is 259 g/mol. The molecule has 7 heteroatoms. The second kappa shape index (κ2) is 7.88. The van der Waals surface area contributed by atoms with Gasteiger partial charge in [-0.2, -0.15) is 0 Å². The molecule has 2 atom stereocenters. The molecular weight excluding hydrogens is 234 g/mol. The average Bonchev–Trinajstić information content (AvgIpc) is 2.30. The van der Waals surface area contributed by atoms with E-state index in [2.05, 4.69) is 4.99 Å². The van der Waals surface area contributed by atoms with Gasteiger partial charge in [0.25, 0.3) is 0 Å². The molecule has 0 heterocycles. The van der Waals surface area contributed by atoms with Crippen LogP contribution >= 0.6 is 0 Å². The first kappa shape index (κ1) is 16.7. The molecule has 106 valence electrons. The molecule has 0 spiro atoms. The maximum absolute atomic E-state index is 11.3. The minimum atomic E-state index is -1.41. The van der Waals surface area contributed by atoms with Crippen LogP contribution in [0.3, 0.4) is 0 Å². The largest absolute Gasteiger partial charge is 0.480 e. The fourth-order valence-corrected chi connectivity index (χ4v) is 1.71. The van der Waals surface area contributed by atoms with Gasteiger partial charge in [0, 0.05) is 12.6 Å². The lowest BCUT2D eigenvalue weighted by atomic mass is 9.84. The van der Waals surface area contributed by atoms with Crippen LogP contribution in [0.1, 0.15) is 39.0 Å². The van der Waals surface area contributed by atoms with Crippen molar-refractivity contribution in [2.75, 3.05) is 6.54 Å². The van der Waals surface area contributed by atoms with Crippen molar-refractivity contribution in [2.45, 2.75) is 50.6 Å². The van der Waals surface area contributed by atoms with Crippen molar-refractivity contribution in [1.82, 2.24) is 0 Å². The third-order valence-corrected chi connectivity index (χ3v) is 2.97. The van der Waals surface area contributed by atoms with Crippen molar-refractivity contribution in [2.24, 2.45) is 27.9 Å². The molecule has 0 fully saturated rings. The maximum atomic E-state index is 11.3. The van der Waals surface area contributed by atoms with Crippen molar-refractivity contribution >= 4 is 11.9 Å². The molecule has 0 radical (unpaired) electrons. The summed E-state index contributed by atoms with van der Waals surface area (Å²) in [6.45, 7) is 2.37. The third kappa shape index (κ3) is 5.33. The highest BCUT2D eigenvalue weighted by Crippen LogP contribution is 2.18. The van der Waals surface area contributed by atoms with E-state index in [-0.39, 0.29) is 12.4 Å². The van der Waals surface area contributed by atoms with Gasteiger partial charge < -0.3 is 28.0 Å². The highest BCUT2D eigenvalue weighted by Gasteiger charge is 2.39. The Morgan fingerprint density at radius 1 is 1.39 bits per heavy atom. The van der Waals surface area contributed by atoms with Gasteiger partial charge in [-0.15, -0.1) is 0 Å². The summed E-state index contributed by atoms with van der Waals surface area (Å²) >= 11 is 0.